The van der Waals surface area contributed by atoms with E-state index in [-0.39, 0.29) is 10.8 Å². The summed E-state index contributed by atoms with van der Waals surface area (Å²) in [6.07, 6.45) is 0. The molecule has 0 saturated carbocycles. The first-order valence-electron chi connectivity index (χ1n) is 9.79. The van der Waals surface area contributed by atoms with Gasteiger partial charge in [0.15, 0.2) is 0 Å². The topological polar surface area (TPSA) is 57.5 Å². The molecule has 0 bridgehead atoms. The smallest absolute Gasteiger partial charge is 0.324 e. The van der Waals surface area contributed by atoms with Crippen molar-refractivity contribution in [3.05, 3.63) is 69.8 Å². The van der Waals surface area contributed by atoms with Gasteiger partial charge in [-0.15, -0.1) is 0 Å². The van der Waals surface area contributed by atoms with Gasteiger partial charge in [-0.05, 0) is 65.0 Å². The lowest BCUT2D eigenvalue weighted by Crippen LogP contribution is -2.33. The van der Waals surface area contributed by atoms with E-state index in [1.807, 2.05) is 50.2 Å². The predicted molar refractivity (Wildman–Crippen MR) is 118 cm³/mol. The predicted octanol–water partition coefficient (Wildman–Crippen LogP) is 6.34. The van der Waals surface area contributed by atoms with Crippen LogP contribution in [0.1, 0.15) is 81.8 Å². The third kappa shape index (κ3) is 3.85. The largest absolute Gasteiger partial charge is 0.340 e. The van der Waals surface area contributed by atoms with E-state index in [0.717, 1.165) is 33.4 Å². The maximum Gasteiger partial charge on any atom is 0.340 e. The molecule has 0 atom stereocenters. The fourth-order valence-corrected chi connectivity index (χ4v) is 5.47. The Labute approximate surface area is 170 Å². The monoisotopic (exact) mass is 402 g/mol. The maximum absolute atomic E-state index is 13.2. The Morgan fingerprint density at radius 2 is 1.00 bits per heavy atom. The molecule has 0 saturated heterocycles. The molecular weight excluding hydrogens is 367 g/mol. The Morgan fingerprint density at radius 1 is 0.679 bits per heavy atom. The van der Waals surface area contributed by atoms with E-state index in [0.29, 0.717) is 0 Å². The molecule has 2 aromatic rings. The normalized spacial score (nSPS) is 13.7. The average Bonchev–Trinajstić information content (AvgIpc) is 2.50. The Bertz CT molecular complexity index is 860. The van der Waals surface area contributed by atoms with Crippen LogP contribution in [0.3, 0.4) is 0 Å². The van der Waals surface area contributed by atoms with E-state index < -0.39 is 12.8 Å². The fraction of sp³-hybridized carbons (Fsp3) is 0.500. The van der Waals surface area contributed by atoms with Crippen LogP contribution in [0, 0.1) is 13.8 Å². The van der Waals surface area contributed by atoms with E-state index in [4.69, 9.17) is 0 Å². The molecule has 0 aliphatic rings. The van der Waals surface area contributed by atoms with Crippen molar-refractivity contribution in [2.45, 2.75) is 78.3 Å². The molecule has 3 nitrogen and oxygen atoms in total. The van der Waals surface area contributed by atoms with E-state index >= 15 is 0 Å². The summed E-state index contributed by atoms with van der Waals surface area (Å²) in [6, 6.07) is 11.9. The van der Waals surface area contributed by atoms with E-state index in [1.165, 1.54) is 0 Å². The van der Waals surface area contributed by atoms with Crippen molar-refractivity contribution in [1.29, 1.82) is 0 Å². The van der Waals surface area contributed by atoms with Gasteiger partial charge in [0.25, 0.3) is 0 Å². The molecular formula is C24H35O3P. The van der Waals surface area contributed by atoms with Gasteiger partial charge in [-0.3, -0.25) is 4.57 Å². The third-order valence-electron chi connectivity index (χ3n) is 5.72. The molecule has 0 unspecified atom stereocenters. The maximum atomic E-state index is 13.2. The van der Waals surface area contributed by atoms with E-state index in [9.17, 15) is 14.4 Å². The lowest BCUT2D eigenvalue weighted by molar-refractivity contribution is 0.341. The van der Waals surface area contributed by atoms with Crippen LogP contribution < -0.4 is 0 Å². The number of benzene rings is 2. The number of aryl methyl sites for hydroxylation is 2. The highest BCUT2D eigenvalue weighted by molar-refractivity contribution is 7.53. The molecule has 0 heterocycles. The summed E-state index contributed by atoms with van der Waals surface area (Å²) in [6.45, 7) is 18.2. The van der Waals surface area contributed by atoms with Crippen molar-refractivity contribution in [1.82, 2.24) is 0 Å². The molecule has 154 valence electrons. The van der Waals surface area contributed by atoms with Crippen LogP contribution in [0.4, 0.5) is 0 Å². The number of hydrogen-bond acceptors (Lipinski definition) is 1. The summed E-state index contributed by atoms with van der Waals surface area (Å²) >= 11 is 0. The van der Waals surface area contributed by atoms with Gasteiger partial charge in [0.05, 0.1) is 0 Å². The van der Waals surface area contributed by atoms with Gasteiger partial charge in [-0.2, -0.15) is 0 Å². The van der Waals surface area contributed by atoms with Crippen LogP contribution in [0.25, 0.3) is 0 Å². The zero-order valence-corrected chi connectivity index (χ0v) is 19.6. The minimum absolute atomic E-state index is 0.248. The molecule has 0 fully saturated rings. The van der Waals surface area contributed by atoms with E-state index in [2.05, 4.69) is 41.5 Å². The van der Waals surface area contributed by atoms with Crippen molar-refractivity contribution < 1.29 is 14.4 Å². The van der Waals surface area contributed by atoms with Crippen LogP contribution in [0.5, 0.6) is 0 Å². The molecule has 2 rings (SSSR count). The van der Waals surface area contributed by atoms with Crippen molar-refractivity contribution in [2.75, 3.05) is 0 Å². The molecule has 4 heteroatoms. The van der Waals surface area contributed by atoms with Gasteiger partial charge >= 0.3 is 7.60 Å². The number of rotatable bonds is 3. The molecule has 0 aliphatic carbocycles. The SMILES string of the molecule is Cc1cccc(C(C)(C)C)c1C(C)(c1c(C)cccc1C(C)(C)C)P(=O)(O)O. The zero-order valence-electron chi connectivity index (χ0n) is 18.7. The molecule has 0 radical (unpaired) electrons. The van der Waals surface area contributed by atoms with Gasteiger partial charge in [-0.25, -0.2) is 0 Å². The Morgan fingerprint density at radius 3 is 1.25 bits per heavy atom. The van der Waals surface area contributed by atoms with Crippen LogP contribution in [0.15, 0.2) is 36.4 Å². The fourth-order valence-electron chi connectivity index (χ4n) is 4.29. The highest BCUT2D eigenvalue weighted by Crippen LogP contribution is 2.64. The first-order valence-corrected chi connectivity index (χ1v) is 11.4. The molecule has 28 heavy (non-hydrogen) atoms. The second kappa shape index (κ2) is 7.13. The van der Waals surface area contributed by atoms with Crippen LogP contribution in [-0.2, 0) is 20.6 Å². The van der Waals surface area contributed by atoms with Crippen LogP contribution in [-0.4, -0.2) is 9.79 Å². The highest BCUT2D eigenvalue weighted by Gasteiger charge is 2.51. The lowest BCUT2D eigenvalue weighted by Gasteiger charge is -2.41. The molecule has 0 aliphatic heterocycles. The average molecular weight is 403 g/mol. The van der Waals surface area contributed by atoms with Crippen molar-refractivity contribution in [3.63, 3.8) is 0 Å². The minimum atomic E-state index is -4.58. The third-order valence-corrected chi connectivity index (χ3v) is 7.33. The van der Waals surface area contributed by atoms with Crippen LogP contribution in [0.2, 0.25) is 0 Å². The molecule has 2 N–H and O–H groups in total. The number of hydrogen-bond donors (Lipinski definition) is 2. The van der Waals surface area contributed by atoms with Gasteiger partial charge < -0.3 is 9.79 Å². The summed E-state index contributed by atoms with van der Waals surface area (Å²) in [5.41, 5.74) is 4.75. The highest BCUT2D eigenvalue weighted by atomic mass is 31.2. The lowest BCUT2D eigenvalue weighted by atomic mass is 9.72. The molecule has 0 amide bonds. The summed E-state index contributed by atoms with van der Waals surface area (Å²) in [7, 11) is -4.58. The van der Waals surface area contributed by atoms with Gasteiger partial charge in [0.2, 0.25) is 0 Å². The van der Waals surface area contributed by atoms with Gasteiger partial charge in [0, 0.05) is 0 Å². The first kappa shape index (κ1) is 22.9. The van der Waals surface area contributed by atoms with Crippen LogP contribution >= 0.6 is 7.60 Å². The quantitative estimate of drug-likeness (QED) is 0.589. The Balaban J connectivity index is 3.12. The first-order chi connectivity index (χ1) is 12.5. The van der Waals surface area contributed by atoms with E-state index in [1.54, 1.807) is 6.92 Å². The summed E-state index contributed by atoms with van der Waals surface area (Å²) in [5, 5.41) is -1.44. The standard InChI is InChI=1S/C24H35O3P/c1-16-12-10-14-18(22(3,4)5)20(16)24(9,28(25,26)27)21-17(2)13-11-15-19(21)23(6,7)8/h10-15H,1-9H3,(H2,25,26,27). The summed E-state index contributed by atoms with van der Waals surface area (Å²) in [4.78, 5) is 21.6. The summed E-state index contributed by atoms with van der Waals surface area (Å²) < 4.78 is 13.2. The van der Waals surface area contributed by atoms with Crippen molar-refractivity contribution >= 4 is 7.60 Å². The summed E-state index contributed by atoms with van der Waals surface area (Å²) in [5.74, 6) is 0. The Kier molecular flexibility index (Phi) is 5.82. The second-order valence-electron chi connectivity index (χ2n) is 10.1. The van der Waals surface area contributed by atoms with Crippen molar-refractivity contribution in [2.24, 2.45) is 0 Å². The molecule has 0 aromatic heterocycles. The van der Waals surface area contributed by atoms with Gasteiger partial charge in [-0.1, -0.05) is 77.9 Å². The van der Waals surface area contributed by atoms with Crippen molar-refractivity contribution in [3.8, 4) is 0 Å². The van der Waals surface area contributed by atoms with Gasteiger partial charge in [0.1, 0.15) is 5.16 Å². The molecule has 2 aromatic carbocycles. The Hall–Kier alpha value is -1.41. The minimum Gasteiger partial charge on any atom is -0.324 e. The zero-order chi connectivity index (χ0) is 21.7. The molecule has 0 spiro atoms. The second-order valence-corrected chi connectivity index (χ2v) is 12.1.